The van der Waals surface area contributed by atoms with Gasteiger partial charge in [-0.2, -0.15) is 11.8 Å². The van der Waals surface area contributed by atoms with E-state index in [2.05, 4.69) is 11.8 Å². The first-order valence-electron chi connectivity index (χ1n) is 6.12. The molecule has 0 radical (unpaired) electrons. The third-order valence-electron chi connectivity index (χ3n) is 3.63. The highest BCUT2D eigenvalue weighted by Gasteiger charge is 2.36. The Bertz CT molecular complexity index is 241. The molecule has 0 saturated carbocycles. The van der Waals surface area contributed by atoms with Crippen molar-refractivity contribution in [3.8, 4) is 0 Å². The molecule has 16 heavy (non-hydrogen) atoms. The second kappa shape index (κ2) is 5.52. The number of thioether (sulfide) groups is 1. The Balaban J connectivity index is 1.96. The summed E-state index contributed by atoms with van der Waals surface area (Å²) in [7, 11) is 0. The molecule has 0 aromatic heterocycles. The second-order valence-electron chi connectivity index (χ2n) is 5.03. The van der Waals surface area contributed by atoms with E-state index in [0.29, 0.717) is 12.6 Å². The summed E-state index contributed by atoms with van der Waals surface area (Å²) < 4.78 is 5.49. The fourth-order valence-electron chi connectivity index (χ4n) is 2.53. The second-order valence-corrected chi connectivity index (χ2v) is 6.18. The van der Waals surface area contributed by atoms with E-state index >= 15 is 0 Å². The Labute approximate surface area is 102 Å². The van der Waals surface area contributed by atoms with Crippen LogP contribution in [0.15, 0.2) is 0 Å². The van der Waals surface area contributed by atoms with Gasteiger partial charge in [0.25, 0.3) is 0 Å². The van der Waals surface area contributed by atoms with Crippen LogP contribution in [0, 0.1) is 5.41 Å². The van der Waals surface area contributed by atoms with Crippen molar-refractivity contribution in [1.29, 1.82) is 0 Å². The molecule has 2 aliphatic rings. The fourth-order valence-corrected chi connectivity index (χ4v) is 3.61. The molecule has 2 rings (SSSR count). The summed E-state index contributed by atoms with van der Waals surface area (Å²) in [5, 5.41) is 0. The van der Waals surface area contributed by atoms with Crippen molar-refractivity contribution in [3.63, 3.8) is 0 Å². The molecule has 2 saturated heterocycles. The molecule has 0 aromatic rings. The lowest BCUT2D eigenvalue weighted by atomic mass is 9.83. The standard InChI is InChI=1S/C12H21NO2S/c1-11-7-16-6-4-13(11)8-12(9-14)3-2-5-15-10-12/h9,11H,2-8,10H2,1H3. The van der Waals surface area contributed by atoms with Crippen LogP contribution in [-0.4, -0.2) is 55.0 Å². The predicted octanol–water partition coefficient (Wildman–Crippen LogP) is 1.42. The summed E-state index contributed by atoms with van der Waals surface area (Å²) in [5.41, 5.74) is -0.228. The van der Waals surface area contributed by atoms with Crippen LogP contribution < -0.4 is 0 Å². The zero-order chi connectivity index (χ0) is 11.4. The minimum absolute atomic E-state index is 0.228. The van der Waals surface area contributed by atoms with Crippen LogP contribution in [0.3, 0.4) is 0 Å². The smallest absolute Gasteiger partial charge is 0.129 e. The molecule has 2 heterocycles. The monoisotopic (exact) mass is 243 g/mol. The molecule has 3 nitrogen and oxygen atoms in total. The number of hydrogen-bond acceptors (Lipinski definition) is 4. The molecule has 2 aliphatic heterocycles. The van der Waals surface area contributed by atoms with Crippen LogP contribution in [-0.2, 0) is 9.53 Å². The van der Waals surface area contributed by atoms with Gasteiger partial charge in [0.2, 0.25) is 0 Å². The van der Waals surface area contributed by atoms with Gasteiger partial charge in [-0.25, -0.2) is 0 Å². The van der Waals surface area contributed by atoms with Crippen molar-refractivity contribution in [2.24, 2.45) is 5.41 Å². The number of aldehydes is 1. The summed E-state index contributed by atoms with van der Waals surface area (Å²) in [4.78, 5) is 13.8. The summed E-state index contributed by atoms with van der Waals surface area (Å²) in [6.45, 7) is 5.70. The highest BCUT2D eigenvalue weighted by atomic mass is 32.2. The fraction of sp³-hybridized carbons (Fsp3) is 0.917. The third-order valence-corrected chi connectivity index (χ3v) is 4.82. The Morgan fingerprint density at radius 3 is 3.12 bits per heavy atom. The van der Waals surface area contributed by atoms with Gasteiger partial charge in [0.1, 0.15) is 6.29 Å². The molecule has 0 aromatic carbocycles. The van der Waals surface area contributed by atoms with Crippen LogP contribution in [0.2, 0.25) is 0 Å². The number of hydrogen-bond donors (Lipinski definition) is 0. The number of carbonyl (C=O) groups excluding carboxylic acids is 1. The van der Waals surface area contributed by atoms with Crippen LogP contribution >= 0.6 is 11.8 Å². The van der Waals surface area contributed by atoms with Crippen molar-refractivity contribution in [2.75, 3.05) is 37.8 Å². The quantitative estimate of drug-likeness (QED) is 0.701. The molecular formula is C12H21NO2S. The maximum atomic E-state index is 11.4. The van der Waals surface area contributed by atoms with Crippen molar-refractivity contribution >= 4 is 18.0 Å². The lowest BCUT2D eigenvalue weighted by molar-refractivity contribution is -0.126. The Kier molecular flexibility index (Phi) is 4.27. The number of carbonyl (C=O) groups is 1. The Morgan fingerprint density at radius 2 is 2.50 bits per heavy atom. The first-order chi connectivity index (χ1) is 7.76. The van der Waals surface area contributed by atoms with E-state index in [1.165, 1.54) is 11.5 Å². The van der Waals surface area contributed by atoms with Crippen molar-refractivity contribution in [3.05, 3.63) is 0 Å². The molecule has 0 N–H and O–H groups in total. The van der Waals surface area contributed by atoms with Crippen LogP contribution in [0.4, 0.5) is 0 Å². The lowest BCUT2D eigenvalue weighted by Gasteiger charge is -2.41. The summed E-state index contributed by atoms with van der Waals surface area (Å²) in [5.74, 6) is 2.38. The van der Waals surface area contributed by atoms with E-state index in [-0.39, 0.29) is 5.41 Å². The molecular weight excluding hydrogens is 222 g/mol. The molecule has 92 valence electrons. The molecule has 4 heteroatoms. The number of rotatable bonds is 3. The zero-order valence-corrected chi connectivity index (χ0v) is 10.8. The van der Waals surface area contributed by atoms with Gasteiger partial charge in [-0.15, -0.1) is 0 Å². The molecule has 2 atom stereocenters. The predicted molar refractivity (Wildman–Crippen MR) is 66.9 cm³/mol. The lowest BCUT2D eigenvalue weighted by Crippen LogP contribution is -2.50. The highest BCUT2D eigenvalue weighted by molar-refractivity contribution is 7.99. The average molecular weight is 243 g/mol. The van der Waals surface area contributed by atoms with Gasteiger partial charge < -0.3 is 9.53 Å². The normalized spacial score (nSPS) is 37.2. The van der Waals surface area contributed by atoms with Crippen molar-refractivity contribution in [2.45, 2.75) is 25.8 Å². The summed E-state index contributed by atoms with van der Waals surface area (Å²) in [6.07, 6.45) is 3.16. The van der Waals surface area contributed by atoms with Crippen LogP contribution in [0.5, 0.6) is 0 Å². The van der Waals surface area contributed by atoms with Gasteiger partial charge in [-0.1, -0.05) is 0 Å². The number of nitrogens with zero attached hydrogens (tertiary/aromatic N) is 1. The minimum Gasteiger partial charge on any atom is -0.380 e. The Hall–Kier alpha value is -0.0600. The van der Waals surface area contributed by atoms with Crippen LogP contribution in [0.1, 0.15) is 19.8 Å². The van der Waals surface area contributed by atoms with Crippen molar-refractivity contribution < 1.29 is 9.53 Å². The third kappa shape index (κ3) is 2.79. The van der Waals surface area contributed by atoms with E-state index in [9.17, 15) is 4.79 Å². The number of ether oxygens (including phenoxy) is 1. The van der Waals surface area contributed by atoms with E-state index in [1.54, 1.807) is 0 Å². The van der Waals surface area contributed by atoms with Crippen LogP contribution in [0.25, 0.3) is 0 Å². The van der Waals surface area contributed by atoms with Gasteiger partial charge in [-0.05, 0) is 19.8 Å². The van der Waals surface area contributed by atoms with E-state index in [0.717, 1.165) is 38.8 Å². The van der Waals surface area contributed by atoms with Gasteiger partial charge in [-0.3, -0.25) is 4.90 Å². The molecule has 0 spiro atoms. The highest BCUT2D eigenvalue weighted by Crippen LogP contribution is 2.29. The first-order valence-corrected chi connectivity index (χ1v) is 7.27. The molecule has 0 amide bonds. The van der Waals surface area contributed by atoms with Gasteiger partial charge in [0.05, 0.1) is 12.0 Å². The largest absolute Gasteiger partial charge is 0.380 e. The first kappa shape index (κ1) is 12.4. The molecule has 0 aliphatic carbocycles. The maximum absolute atomic E-state index is 11.4. The summed E-state index contributed by atoms with van der Waals surface area (Å²) in [6, 6.07) is 0.595. The van der Waals surface area contributed by atoms with Crippen molar-refractivity contribution in [1.82, 2.24) is 4.90 Å². The maximum Gasteiger partial charge on any atom is 0.129 e. The summed E-state index contributed by atoms with van der Waals surface area (Å²) >= 11 is 2.01. The van der Waals surface area contributed by atoms with Gasteiger partial charge >= 0.3 is 0 Å². The van der Waals surface area contributed by atoms with E-state index in [4.69, 9.17) is 4.74 Å². The van der Waals surface area contributed by atoms with Gasteiger partial charge in [0, 0.05) is 37.2 Å². The zero-order valence-electron chi connectivity index (χ0n) is 9.98. The average Bonchev–Trinajstić information content (AvgIpc) is 2.33. The topological polar surface area (TPSA) is 29.5 Å². The SMILES string of the molecule is CC1CSCCN1CC1(C=O)CCCOC1. The molecule has 2 fully saturated rings. The van der Waals surface area contributed by atoms with E-state index < -0.39 is 0 Å². The van der Waals surface area contributed by atoms with E-state index in [1.807, 2.05) is 11.8 Å². The minimum atomic E-state index is -0.228. The van der Waals surface area contributed by atoms with Gasteiger partial charge in [0.15, 0.2) is 0 Å². The Morgan fingerprint density at radius 1 is 1.62 bits per heavy atom. The molecule has 2 unspecified atom stereocenters. The molecule has 0 bridgehead atoms.